The molecule has 9 nitrogen and oxygen atoms in total. The minimum Gasteiger partial charge on any atom is -0.454 e. The molecule has 0 bridgehead atoms. The van der Waals surface area contributed by atoms with Crippen molar-refractivity contribution in [2.75, 3.05) is 20.5 Å². The summed E-state index contributed by atoms with van der Waals surface area (Å²) < 4.78 is 22.7. The van der Waals surface area contributed by atoms with Gasteiger partial charge in [0.1, 0.15) is 17.5 Å². The summed E-state index contributed by atoms with van der Waals surface area (Å²) >= 11 is 0. The predicted molar refractivity (Wildman–Crippen MR) is 103 cm³/mol. The molecule has 0 aliphatic carbocycles. The van der Waals surface area contributed by atoms with Crippen LogP contribution < -0.4 is 20.3 Å². The van der Waals surface area contributed by atoms with Gasteiger partial charge in [0, 0.05) is 26.8 Å². The van der Waals surface area contributed by atoms with Gasteiger partial charge in [0.05, 0.1) is 5.56 Å². The lowest BCUT2D eigenvalue weighted by atomic mass is 10.1. The second kappa shape index (κ2) is 7.96. The summed E-state index contributed by atoms with van der Waals surface area (Å²) in [6, 6.07) is 5.46. The minimum absolute atomic E-state index is 0.156. The fraction of sp³-hybridized carbons (Fsp3) is 0.350. The lowest BCUT2D eigenvalue weighted by molar-refractivity contribution is 0.0950. The van der Waals surface area contributed by atoms with Crippen molar-refractivity contribution in [1.29, 1.82) is 0 Å². The zero-order valence-corrected chi connectivity index (χ0v) is 16.2. The van der Waals surface area contributed by atoms with E-state index in [2.05, 4.69) is 10.3 Å². The molecule has 3 aromatic rings. The Labute approximate surface area is 166 Å². The molecule has 0 saturated carbocycles. The minimum atomic E-state index is -0.396. The van der Waals surface area contributed by atoms with Gasteiger partial charge in [-0.15, -0.1) is 0 Å². The monoisotopic (exact) mass is 399 g/mol. The third kappa shape index (κ3) is 3.68. The first-order valence-corrected chi connectivity index (χ1v) is 9.22. The molecular formula is C20H21N3O6. The van der Waals surface area contributed by atoms with Crippen LogP contribution in [0.1, 0.15) is 28.1 Å². The summed E-state index contributed by atoms with van der Waals surface area (Å²) in [7, 11) is 1.60. The molecule has 1 amide bonds. The number of amides is 1. The number of benzene rings is 1. The molecule has 9 heteroatoms. The van der Waals surface area contributed by atoms with Crippen LogP contribution in [0.2, 0.25) is 0 Å². The van der Waals surface area contributed by atoms with Gasteiger partial charge >= 0.3 is 0 Å². The van der Waals surface area contributed by atoms with Crippen LogP contribution in [0.3, 0.4) is 0 Å². The SMILES string of the molecule is COCCCn1cnc2oc(C)c(C(=O)NCc3ccc4c(c3)OCO4)c2c1=O. The van der Waals surface area contributed by atoms with E-state index in [1.165, 1.54) is 10.9 Å². The number of fused-ring (bicyclic) bond motifs is 2. The highest BCUT2D eigenvalue weighted by Crippen LogP contribution is 2.32. The van der Waals surface area contributed by atoms with E-state index in [4.69, 9.17) is 18.6 Å². The molecule has 1 N–H and O–H groups in total. The van der Waals surface area contributed by atoms with E-state index in [0.717, 1.165) is 5.56 Å². The molecule has 1 aliphatic heterocycles. The number of hydrogen-bond acceptors (Lipinski definition) is 7. The molecule has 0 atom stereocenters. The van der Waals surface area contributed by atoms with E-state index in [0.29, 0.717) is 36.8 Å². The van der Waals surface area contributed by atoms with Crippen LogP contribution in [0, 0.1) is 6.92 Å². The highest BCUT2D eigenvalue weighted by Gasteiger charge is 2.23. The normalized spacial score (nSPS) is 12.5. The summed E-state index contributed by atoms with van der Waals surface area (Å²) in [6.07, 6.45) is 2.09. The van der Waals surface area contributed by atoms with Crippen LogP contribution >= 0.6 is 0 Å². The van der Waals surface area contributed by atoms with Gasteiger partial charge in [0.25, 0.3) is 11.5 Å². The first-order chi connectivity index (χ1) is 14.1. The number of aromatic nitrogens is 2. The summed E-state index contributed by atoms with van der Waals surface area (Å²) in [4.78, 5) is 29.9. The Morgan fingerprint density at radius 3 is 2.97 bits per heavy atom. The predicted octanol–water partition coefficient (Wildman–Crippen LogP) is 1.99. The average Bonchev–Trinajstić information content (AvgIpc) is 3.31. The number of methoxy groups -OCH3 is 1. The number of aryl methyl sites for hydroxylation is 2. The van der Waals surface area contributed by atoms with Crippen molar-refractivity contribution in [3.63, 3.8) is 0 Å². The third-order valence-electron chi connectivity index (χ3n) is 4.72. The van der Waals surface area contributed by atoms with Crippen LogP contribution in [-0.4, -0.2) is 36.0 Å². The van der Waals surface area contributed by atoms with E-state index >= 15 is 0 Å². The summed E-state index contributed by atoms with van der Waals surface area (Å²) in [5.74, 6) is 1.27. The zero-order chi connectivity index (χ0) is 20.4. The molecular weight excluding hydrogens is 378 g/mol. The quantitative estimate of drug-likeness (QED) is 0.606. The van der Waals surface area contributed by atoms with Gasteiger partial charge in [-0.05, 0) is 31.0 Å². The number of furan rings is 1. The Morgan fingerprint density at radius 2 is 2.14 bits per heavy atom. The van der Waals surface area contributed by atoms with Gasteiger partial charge in [0.2, 0.25) is 12.5 Å². The van der Waals surface area contributed by atoms with Gasteiger partial charge in [-0.25, -0.2) is 4.98 Å². The molecule has 2 aromatic heterocycles. The Bertz CT molecular complexity index is 1120. The van der Waals surface area contributed by atoms with E-state index in [-0.39, 0.29) is 35.6 Å². The highest BCUT2D eigenvalue weighted by molar-refractivity contribution is 6.06. The van der Waals surface area contributed by atoms with Gasteiger partial charge in [0.15, 0.2) is 11.5 Å². The third-order valence-corrected chi connectivity index (χ3v) is 4.72. The van der Waals surface area contributed by atoms with Crippen molar-refractivity contribution in [2.24, 2.45) is 0 Å². The van der Waals surface area contributed by atoms with Gasteiger partial charge < -0.3 is 23.9 Å². The fourth-order valence-electron chi connectivity index (χ4n) is 3.27. The van der Waals surface area contributed by atoms with E-state index in [1.807, 2.05) is 12.1 Å². The lowest BCUT2D eigenvalue weighted by Gasteiger charge is -2.07. The first kappa shape index (κ1) is 19.0. The summed E-state index contributed by atoms with van der Waals surface area (Å²) in [6.45, 7) is 3.07. The number of nitrogens with zero attached hydrogens (tertiary/aromatic N) is 2. The van der Waals surface area contributed by atoms with Crippen LogP contribution in [0.25, 0.3) is 11.1 Å². The highest BCUT2D eigenvalue weighted by atomic mass is 16.7. The van der Waals surface area contributed by atoms with Gasteiger partial charge in [-0.3, -0.25) is 14.2 Å². The van der Waals surface area contributed by atoms with Crippen LogP contribution in [-0.2, 0) is 17.8 Å². The first-order valence-electron chi connectivity index (χ1n) is 9.22. The van der Waals surface area contributed by atoms with Crippen molar-refractivity contribution < 1.29 is 23.4 Å². The summed E-state index contributed by atoms with van der Waals surface area (Å²) in [5.41, 5.74) is 0.905. The van der Waals surface area contributed by atoms with Crippen LogP contribution in [0.4, 0.5) is 0 Å². The van der Waals surface area contributed by atoms with Crippen LogP contribution in [0.5, 0.6) is 11.5 Å². The fourth-order valence-corrected chi connectivity index (χ4v) is 3.27. The molecule has 0 unspecified atom stereocenters. The Balaban J connectivity index is 1.57. The Hall–Kier alpha value is -3.33. The number of hydrogen-bond donors (Lipinski definition) is 1. The maximum Gasteiger partial charge on any atom is 0.265 e. The smallest absolute Gasteiger partial charge is 0.265 e. The molecule has 1 aliphatic rings. The lowest BCUT2D eigenvalue weighted by Crippen LogP contribution is -2.27. The number of carbonyl (C=O) groups is 1. The van der Waals surface area contributed by atoms with Crippen molar-refractivity contribution in [1.82, 2.24) is 14.9 Å². The van der Waals surface area contributed by atoms with Crippen molar-refractivity contribution >= 4 is 17.0 Å². The van der Waals surface area contributed by atoms with E-state index in [1.54, 1.807) is 20.1 Å². The molecule has 0 fully saturated rings. The molecule has 0 saturated heterocycles. The molecule has 4 rings (SSSR count). The largest absolute Gasteiger partial charge is 0.454 e. The number of carbonyl (C=O) groups excluding carboxylic acids is 1. The molecule has 1 aromatic carbocycles. The molecule has 0 radical (unpaired) electrons. The second-order valence-corrected chi connectivity index (χ2v) is 6.67. The van der Waals surface area contributed by atoms with E-state index in [9.17, 15) is 9.59 Å². The van der Waals surface area contributed by atoms with Crippen molar-refractivity contribution in [3.05, 3.63) is 51.8 Å². The molecule has 3 heterocycles. The summed E-state index contributed by atoms with van der Waals surface area (Å²) in [5, 5.41) is 3.02. The van der Waals surface area contributed by atoms with Gasteiger partial charge in [-0.2, -0.15) is 0 Å². The number of nitrogens with one attached hydrogen (secondary N) is 1. The van der Waals surface area contributed by atoms with Crippen LogP contribution in [0.15, 0.2) is 33.7 Å². The molecule has 29 heavy (non-hydrogen) atoms. The maximum atomic E-state index is 12.9. The van der Waals surface area contributed by atoms with Gasteiger partial charge in [-0.1, -0.05) is 6.07 Å². The topological polar surface area (TPSA) is 105 Å². The van der Waals surface area contributed by atoms with E-state index < -0.39 is 5.91 Å². The molecule has 0 spiro atoms. The maximum absolute atomic E-state index is 12.9. The number of rotatable bonds is 7. The molecule has 152 valence electrons. The zero-order valence-electron chi connectivity index (χ0n) is 16.2. The Morgan fingerprint density at radius 1 is 1.31 bits per heavy atom. The van der Waals surface area contributed by atoms with Crippen molar-refractivity contribution in [3.8, 4) is 11.5 Å². The second-order valence-electron chi connectivity index (χ2n) is 6.67. The Kier molecular flexibility index (Phi) is 5.22. The average molecular weight is 399 g/mol. The standard InChI is InChI=1S/C20H21N3O6/c1-12-16(17-19(29-12)22-10-23(20(17)25)6-3-7-26-2)18(24)21-9-13-4-5-14-15(8-13)28-11-27-14/h4-5,8,10H,3,6-7,9,11H2,1-2H3,(H,21,24). The number of ether oxygens (including phenoxy) is 3. The van der Waals surface area contributed by atoms with Crippen molar-refractivity contribution in [2.45, 2.75) is 26.4 Å².